The van der Waals surface area contributed by atoms with E-state index in [9.17, 15) is 14.4 Å². The van der Waals surface area contributed by atoms with Crippen LogP contribution in [0.2, 0.25) is 0 Å². The van der Waals surface area contributed by atoms with Gasteiger partial charge in [-0.25, -0.2) is 4.98 Å². The fourth-order valence-corrected chi connectivity index (χ4v) is 5.65. The molecule has 0 aromatic carbocycles. The number of piperidine rings is 1. The molecule has 2 aliphatic heterocycles. The molecule has 0 aliphatic carbocycles. The van der Waals surface area contributed by atoms with Gasteiger partial charge in [-0.05, 0) is 38.2 Å². The van der Waals surface area contributed by atoms with E-state index in [4.69, 9.17) is 0 Å². The lowest BCUT2D eigenvalue weighted by molar-refractivity contribution is -0.134. The molecular weight excluding hydrogens is 388 g/mol. The van der Waals surface area contributed by atoms with Crippen LogP contribution >= 0.6 is 11.3 Å². The van der Waals surface area contributed by atoms with Crippen LogP contribution in [0, 0.1) is 6.92 Å². The molecular formula is C21H28N4O3S. The lowest BCUT2D eigenvalue weighted by atomic mass is 10.0. The average Bonchev–Trinajstić information content (AvgIpc) is 3.28. The van der Waals surface area contributed by atoms with Crippen LogP contribution in [0.5, 0.6) is 0 Å². The van der Waals surface area contributed by atoms with Crippen molar-refractivity contribution in [3.63, 3.8) is 0 Å². The molecule has 0 saturated carbocycles. The Bertz CT molecular complexity index is 988. The van der Waals surface area contributed by atoms with Crippen LogP contribution in [0.25, 0.3) is 10.2 Å². The second kappa shape index (κ2) is 8.26. The summed E-state index contributed by atoms with van der Waals surface area (Å²) in [7, 11) is 0. The quantitative estimate of drug-likeness (QED) is 0.751. The monoisotopic (exact) mass is 416 g/mol. The summed E-state index contributed by atoms with van der Waals surface area (Å²) in [5.41, 5.74) is 1.16. The molecule has 0 unspecified atom stereocenters. The van der Waals surface area contributed by atoms with Crippen LogP contribution in [0.15, 0.2) is 11.1 Å². The van der Waals surface area contributed by atoms with Gasteiger partial charge in [0.2, 0.25) is 11.8 Å². The van der Waals surface area contributed by atoms with Gasteiger partial charge in [0.1, 0.15) is 4.83 Å². The lowest BCUT2D eigenvalue weighted by Gasteiger charge is -2.33. The number of aromatic nitrogens is 2. The molecule has 4 heterocycles. The van der Waals surface area contributed by atoms with Crippen molar-refractivity contribution >= 4 is 33.4 Å². The maximum atomic E-state index is 13.1. The summed E-state index contributed by atoms with van der Waals surface area (Å²) < 4.78 is 1.78. The van der Waals surface area contributed by atoms with Gasteiger partial charge < -0.3 is 9.80 Å². The Hall–Kier alpha value is -2.22. The van der Waals surface area contributed by atoms with Crippen LogP contribution in [0.3, 0.4) is 0 Å². The topological polar surface area (TPSA) is 75.5 Å². The summed E-state index contributed by atoms with van der Waals surface area (Å²) in [5.74, 6) is 0.264. The highest BCUT2D eigenvalue weighted by Crippen LogP contribution is 2.28. The van der Waals surface area contributed by atoms with E-state index in [1.54, 1.807) is 27.1 Å². The smallest absolute Gasteiger partial charge is 0.262 e. The van der Waals surface area contributed by atoms with E-state index >= 15 is 0 Å². The standard InChI is InChI=1S/C21H28N4O3S/c1-3-16-14(2)29-20-19(16)21(28)25(13-22-20)15-6-10-24(11-7-15)18(27)8-12-23-9-4-5-17(23)26/h13,15H,3-12H2,1-2H3. The van der Waals surface area contributed by atoms with Gasteiger partial charge >= 0.3 is 0 Å². The number of hydrogen-bond donors (Lipinski definition) is 0. The fraction of sp³-hybridized carbons (Fsp3) is 0.619. The van der Waals surface area contributed by atoms with Crippen molar-refractivity contribution < 1.29 is 9.59 Å². The van der Waals surface area contributed by atoms with Gasteiger partial charge in [0, 0.05) is 49.9 Å². The number of nitrogens with zero attached hydrogens (tertiary/aromatic N) is 4. The molecule has 7 nitrogen and oxygen atoms in total. The highest BCUT2D eigenvalue weighted by atomic mass is 32.1. The molecule has 2 aliphatic rings. The van der Waals surface area contributed by atoms with Crippen LogP contribution < -0.4 is 5.56 Å². The summed E-state index contributed by atoms with van der Waals surface area (Å²) in [4.78, 5) is 47.6. The molecule has 2 fully saturated rings. The molecule has 0 bridgehead atoms. The van der Waals surface area contributed by atoms with Crippen molar-refractivity contribution in [1.29, 1.82) is 0 Å². The average molecular weight is 417 g/mol. The highest BCUT2D eigenvalue weighted by molar-refractivity contribution is 7.18. The number of likely N-dealkylation sites (tertiary alicyclic amines) is 2. The highest BCUT2D eigenvalue weighted by Gasteiger charge is 2.27. The molecule has 0 spiro atoms. The zero-order chi connectivity index (χ0) is 20.5. The van der Waals surface area contributed by atoms with Crippen molar-refractivity contribution in [3.05, 3.63) is 27.1 Å². The minimum absolute atomic E-state index is 0.0496. The number of rotatable bonds is 5. The predicted molar refractivity (Wildman–Crippen MR) is 113 cm³/mol. The van der Waals surface area contributed by atoms with Gasteiger partial charge in [0.25, 0.3) is 5.56 Å². The molecule has 156 valence electrons. The van der Waals surface area contributed by atoms with Gasteiger partial charge in [0.05, 0.1) is 11.7 Å². The molecule has 4 rings (SSSR count). The lowest BCUT2D eigenvalue weighted by Crippen LogP contribution is -2.42. The Balaban J connectivity index is 1.40. The third-order valence-corrected chi connectivity index (χ3v) is 7.32. The summed E-state index contributed by atoms with van der Waals surface area (Å²) in [6.07, 6.45) is 5.92. The first-order valence-electron chi connectivity index (χ1n) is 10.5. The molecule has 2 aromatic rings. The second-order valence-corrected chi connectivity index (χ2v) is 9.18. The molecule has 2 aromatic heterocycles. The van der Waals surface area contributed by atoms with E-state index in [0.717, 1.165) is 48.0 Å². The number of thiophene rings is 1. The molecule has 0 atom stereocenters. The van der Waals surface area contributed by atoms with Gasteiger partial charge in [-0.2, -0.15) is 0 Å². The fourth-order valence-electron chi connectivity index (χ4n) is 4.58. The Morgan fingerprint density at radius 2 is 2.00 bits per heavy atom. The SMILES string of the molecule is CCc1c(C)sc2ncn(C3CCN(C(=O)CCN4CCCC4=O)CC3)c(=O)c12. The van der Waals surface area contributed by atoms with Gasteiger partial charge in [-0.15, -0.1) is 11.3 Å². The van der Waals surface area contributed by atoms with Crippen LogP contribution in [0.4, 0.5) is 0 Å². The first-order chi connectivity index (χ1) is 14.0. The number of carbonyl (C=O) groups excluding carboxylic acids is 2. The molecule has 2 saturated heterocycles. The van der Waals surface area contributed by atoms with Crippen LogP contribution in [-0.2, 0) is 16.0 Å². The van der Waals surface area contributed by atoms with E-state index in [2.05, 4.69) is 18.8 Å². The van der Waals surface area contributed by atoms with Crippen LogP contribution in [-0.4, -0.2) is 57.3 Å². The number of amides is 2. The van der Waals surface area contributed by atoms with Crippen molar-refractivity contribution in [3.8, 4) is 0 Å². The number of carbonyl (C=O) groups is 2. The molecule has 0 N–H and O–H groups in total. The zero-order valence-corrected chi connectivity index (χ0v) is 18.0. The molecule has 2 amide bonds. The number of hydrogen-bond acceptors (Lipinski definition) is 5. The zero-order valence-electron chi connectivity index (χ0n) is 17.1. The first-order valence-corrected chi connectivity index (χ1v) is 11.4. The predicted octanol–water partition coefficient (Wildman–Crippen LogP) is 2.50. The first kappa shape index (κ1) is 20.1. The number of aryl methyl sites for hydroxylation is 2. The van der Waals surface area contributed by atoms with E-state index in [1.165, 1.54) is 4.88 Å². The van der Waals surface area contributed by atoms with Crippen molar-refractivity contribution in [2.45, 2.75) is 58.4 Å². The van der Waals surface area contributed by atoms with Crippen molar-refractivity contribution in [2.75, 3.05) is 26.2 Å². The van der Waals surface area contributed by atoms with Gasteiger partial charge in [-0.1, -0.05) is 6.92 Å². The Labute approximate surface area is 174 Å². The summed E-state index contributed by atoms with van der Waals surface area (Å²) >= 11 is 1.59. The maximum Gasteiger partial charge on any atom is 0.262 e. The Kier molecular flexibility index (Phi) is 5.72. The van der Waals surface area contributed by atoms with E-state index < -0.39 is 0 Å². The summed E-state index contributed by atoms with van der Waals surface area (Å²) in [5, 5.41) is 0.770. The van der Waals surface area contributed by atoms with Crippen molar-refractivity contribution in [2.24, 2.45) is 0 Å². The molecule has 0 radical (unpaired) electrons. The van der Waals surface area contributed by atoms with Crippen molar-refractivity contribution in [1.82, 2.24) is 19.4 Å². The Morgan fingerprint density at radius 1 is 1.24 bits per heavy atom. The molecule has 8 heteroatoms. The molecule has 29 heavy (non-hydrogen) atoms. The largest absolute Gasteiger partial charge is 0.342 e. The minimum Gasteiger partial charge on any atom is -0.342 e. The second-order valence-electron chi connectivity index (χ2n) is 7.97. The summed E-state index contributed by atoms with van der Waals surface area (Å²) in [6, 6.07) is 0.0773. The van der Waals surface area contributed by atoms with Gasteiger partial charge in [0.15, 0.2) is 0 Å². The van der Waals surface area contributed by atoms with E-state index in [-0.39, 0.29) is 23.4 Å². The van der Waals surface area contributed by atoms with Crippen LogP contribution in [0.1, 0.15) is 55.5 Å². The number of fused-ring (bicyclic) bond motifs is 1. The van der Waals surface area contributed by atoms with Gasteiger partial charge in [-0.3, -0.25) is 19.0 Å². The minimum atomic E-state index is 0.0496. The Morgan fingerprint density at radius 3 is 2.66 bits per heavy atom. The normalized spacial score (nSPS) is 18.2. The maximum absolute atomic E-state index is 13.1. The van der Waals surface area contributed by atoms with E-state index in [0.29, 0.717) is 32.5 Å². The third kappa shape index (κ3) is 3.82. The van der Waals surface area contributed by atoms with E-state index in [1.807, 2.05) is 4.90 Å². The third-order valence-electron chi connectivity index (χ3n) is 6.27. The summed E-state index contributed by atoms with van der Waals surface area (Å²) in [6.45, 7) is 6.71.